The van der Waals surface area contributed by atoms with Crippen LogP contribution in [0.25, 0.3) is 0 Å². The van der Waals surface area contributed by atoms with Gasteiger partial charge in [-0.25, -0.2) is 4.39 Å². The Balaban J connectivity index is 1.56. The van der Waals surface area contributed by atoms with Crippen LogP contribution in [0.5, 0.6) is 0 Å². The molecule has 1 unspecified atom stereocenters. The van der Waals surface area contributed by atoms with E-state index < -0.39 is 0 Å². The van der Waals surface area contributed by atoms with Crippen molar-refractivity contribution >= 4 is 5.96 Å². The van der Waals surface area contributed by atoms with Crippen LogP contribution in [0.3, 0.4) is 0 Å². The molecule has 1 atom stereocenters. The molecule has 1 aromatic carbocycles. The van der Waals surface area contributed by atoms with Crippen molar-refractivity contribution < 1.29 is 4.39 Å². The van der Waals surface area contributed by atoms with Gasteiger partial charge in [0.1, 0.15) is 5.82 Å². The molecule has 25 heavy (non-hydrogen) atoms. The number of aryl methyl sites for hydroxylation is 1. The molecule has 2 N–H and O–H groups in total. The summed E-state index contributed by atoms with van der Waals surface area (Å²) in [7, 11) is 1.77. The number of aliphatic imine (C=N–C) groups is 1. The number of aromatic nitrogens is 2. The summed E-state index contributed by atoms with van der Waals surface area (Å²) in [5, 5.41) is 11.5. The lowest BCUT2D eigenvalue weighted by atomic mass is 9.94. The van der Waals surface area contributed by atoms with Crippen molar-refractivity contribution in [3.05, 3.63) is 53.1 Å². The lowest BCUT2D eigenvalue weighted by Crippen LogP contribution is -2.45. The average molecular weight is 343 g/mol. The van der Waals surface area contributed by atoms with Crippen LogP contribution >= 0.6 is 0 Å². The summed E-state index contributed by atoms with van der Waals surface area (Å²) in [6, 6.07) is 7.22. The molecule has 0 saturated carbocycles. The van der Waals surface area contributed by atoms with Gasteiger partial charge < -0.3 is 10.6 Å². The maximum atomic E-state index is 13.0. The number of hydrogen-bond donors (Lipinski definition) is 2. The van der Waals surface area contributed by atoms with Crippen LogP contribution in [-0.4, -0.2) is 28.8 Å². The van der Waals surface area contributed by atoms with E-state index in [1.807, 2.05) is 0 Å². The summed E-state index contributed by atoms with van der Waals surface area (Å²) in [6.45, 7) is 4.91. The quantitative estimate of drug-likeness (QED) is 0.663. The van der Waals surface area contributed by atoms with E-state index in [2.05, 4.69) is 40.4 Å². The molecule has 0 fully saturated rings. The molecule has 1 aromatic heterocycles. The highest BCUT2D eigenvalue weighted by Crippen LogP contribution is 2.21. The molecule has 0 saturated heterocycles. The molecule has 5 nitrogen and oxygen atoms in total. The number of rotatable bonds is 4. The van der Waals surface area contributed by atoms with Crippen LogP contribution < -0.4 is 10.6 Å². The molecule has 3 rings (SSSR count). The van der Waals surface area contributed by atoms with Crippen molar-refractivity contribution in [3.63, 3.8) is 0 Å². The molecule has 0 amide bonds. The summed E-state index contributed by atoms with van der Waals surface area (Å²) in [5.41, 5.74) is 3.57. The second-order valence-electron chi connectivity index (χ2n) is 6.81. The minimum atomic E-state index is -0.217. The fraction of sp³-hybridized carbons (Fsp3) is 0.474. The van der Waals surface area contributed by atoms with E-state index in [0.29, 0.717) is 18.6 Å². The highest BCUT2D eigenvalue weighted by molar-refractivity contribution is 5.80. The Kier molecular flexibility index (Phi) is 5.36. The first-order chi connectivity index (χ1) is 12.0. The van der Waals surface area contributed by atoms with Gasteiger partial charge in [-0.15, -0.1) is 0 Å². The van der Waals surface area contributed by atoms with Gasteiger partial charge >= 0.3 is 0 Å². The Labute approximate surface area is 148 Å². The van der Waals surface area contributed by atoms with Crippen molar-refractivity contribution in [1.82, 2.24) is 20.4 Å². The van der Waals surface area contributed by atoms with Gasteiger partial charge in [0.25, 0.3) is 0 Å². The fourth-order valence-electron chi connectivity index (χ4n) is 3.08. The summed E-state index contributed by atoms with van der Waals surface area (Å²) in [6.07, 6.45) is 5.19. The number of benzene rings is 1. The Hall–Kier alpha value is -2.37. The lowest BCUT2D eigenvalue weighted by molar-refractivity contribution is 0.499. The smallest absolute Gasteiger partial charge is 0.191 e. The average Bonchev–Trinajstić information content (AvgIpc) is 3.03. The molecule has 1 heterocycles. The lowest BCUT2D eigenvalue weighted by Gasteiger charge is -2.24. The van der Waals surface area contributed by atoms with Crippen LogP contribution in [0.1, 0.15) is 43.1 Å². The summed E-state index contributed by atoms with van der Waals surface area (Å²) >= 11 is 0. The molecular formula is C19H26FN5. The van der Waals surface area contributed by atoms with Gasteiger partial charge in [-0.05, 0) is 49.9 Å². The van der Waals surface area contributed by atoms with Crippen molar-refractivity contribution in [1.29, 1.82) is 0 Å². The zero-order chi connectivity index (χ0) is 17.8. The molecule has 0 aliphatic heterocycles. The Morgan fingerprint density at radius 3 is 2.80 bits per heavy atom. The zero-order valence-corrected chi connectivity index (χ0v) is 15.1. The first-order valence-corrected chi connectivity index (χ1v) is 8.83. The molecule has 0 spiro atoms. The highest BCUT2D eigenvalue weighted by atomic mass is 19.1. The second kappa shape index (κ2) is 7.68. The molecule has 134 valence electrons. The van der Waals surface area contributed by atoms with Gasteiger partial charge in [0, 0.05) is 38.3 Å². The molecule has 1 aliphatic carbocycles. The van der Waals surface area contributed by atoms with E-state index in [1.54, 1.807) is 19.2 Å². The van der Waals surface area contributed by atoms with E-state index >= 15 is 0 Å². The monoisotopic (exact) mass is 343 g/mol. The van der Waals surface area contributed by atoms with E-state index in [4.69, 9.17) is 5.10 Å². The predicted molar refractivity (Wildman–Crippen MR) is 98.2 cm³/mol. The molecule has 2 aromatic rings. The first kappa shape index (κ1) is 17.5. The normalized spacial score (nSPS) is 17.5. The number of guanidine groups is 1. The Morgan fingerprint density at radius 1 is 1.36 bits per heavy atom. The third-order valence-electron chi connectivity index (χ3n) is 4.56. The molecule has 6 heteroatoms. The summed E-state index contributed by atoms with van der Waals surface area (Å²) in [5.74, 6) is 0.547. The predicted octanol–water partition coefficient (Wildman–Crippen LogP) is 2.83. The number of nitrogens with one attached hydrogen (secondary N) is 2. The van der Waals surface area contributed by atoms with E-state index in [9.17, 15) is 4.39 Å². The third kappa shape index (κ3) is 4.38. The molecule has 0 radical (unpaired) electrons. The van der Waals surface area contributed by atoms with E-state index in [1.165, 1.54) is 23.4 Å². The standard InChI is InChI=1S/C19H26FN5/c1-13(2)25-12-15-6-9-17(10-18(15)24-25)23-19(21-3)22-11-14-4-7-16(20)8-5-14/h4-5,7-8,12-13,17H,6,9-11H2,1-3H3,(H2,21,22,23). The number of fused-ring (bicyclic) bond motifs is 1. The summed E-state index contributed by atoms with van der Waals surface area (Å²) in [4.78, 5) is 4.30. The first-order valence-electron chi connectivity index (χ1n) is 8.83. The van der Waals surface area contributed by atoms with Gasteiger partial charge in [-0.1, -0.05) is 12.1 Å². The maximum Gasteiger partial charge on any atom is 0.191 e. The van der Waals surface area contributed by atoms with Gasteiger partial charge in [0.2, 0.25) is 0 Å². The minimum Gasteiger partial charge on any atom is -0.353 e. The molecular weight excluding hydrogens is 317 g/mol. The van der Waals surface area contributed by atoms with Crippen molar-refractivity contribution in [2.75, 3.05) is 7.05 Å². The maximum absolute atomic E-state index is 13.0. The van der Waals surface area contributed by atoms with Crippen molar-refractivity contribution in [2.24, 2.45) is 4.99 Å². The number of halogens is 1. The number of nitrogens with zero attached hydrogens (tertiary/aromatic N) is 3. The van der Waals surface area contributed by atoms with Crippen LogP contribution in [0.2, 0.25) is 0 Å². The van der Waals surface area contributed by atoms with Gasteiger partial charge in [-0.2, -0.15) is 5.10 Å². The van der Waals surface area contributed by atoms with Gasteiger partial charge in [0.05, 0.1) is 5.69 Å². The van der Waals surface area contributed by atoms with Crippen molar-refractivity contribution in [2.45, 2.75) is 51.7 Å². The Morgan fingerprint density at radius 2 is 2.12 bits per heavy atom. The van der Waals surface area contributed by atoms with Crippen LogP contribution in [0.4, 0.5) is 4.39 Å². The zero-order valence-electron chi connectivity index (χ0n) is 15.1. The topological polar surface area (TPSA) is 54.2 Å². The number of hydrogen-bond acceptors (Lipinski definition) is 2. The van der Waals surface area contributed by atoms with Gasteiger partial charge in [0.15, 0.2) is 5.96 Å². The van der Waals surface area contributed by atoms with E-state index in [0.717, 1.165) is 30.8 Å². The van der Waals surface area contributed by atoms with Crippen LogP contribution in [-0.2, 0) is 19.4 Å². The SMILES string of the molecule is CN=C(NCc1ccc(F)cc1)NC1CCc2cn(C(C)C)nc2C1. The van der Waals surface area contributed by atoms with Crippen LogP contribution in [0, 0.1) is 5.82 Å². The van der Waals surface area contributed by atoms with Gasteiger partial charge in [-0.3, -0.25) is 9.67 Å². The second-order valence-corrected chi connectivity index (χ2v) is 6.81. The van der Waals surface area contributed by atoms with Crippen molar-refractivity contribution in [3.8, 4) is 0 Å². The highest BCUT2D eigenvalue weighted by Gasteiger charge is 2.22. The summed E-state index contributed by atoms with van der Waals surface area (Å²) < 4.78 is 15.0. The fourth-order valence-corrected chi connectivity index (χ4v) is 3.08. The minimum absolute atomic E-state index is 0.217. The molecule has 0 bridgehead atoms. The van der Waals surface area contributed by atoms with E-state index in [-0.39, 0.29) is 5.82 Å². The molecule has 1 aliphatic rings. The Bertz CT molecular complexity index is 733. The largest absolute Gasteiger partial charge is 0.353 e. The van der Waals surface area contributed by atoms with Crippen LogP contribution in [0.15, 0.2) is 35.5 Å². The third-order valence-corrected chi connectivity index (χ3v) is 4.56.